The number of allylic oxidation sites excluding steroid dienone is 1. The standard InChI is InChI=1S/C9H13N3O3S/c10-11-3-1-2-5-8(9(14)15)12-6(13)4-7(12)16-5/h7,11H,1-4,10H2,(H,14,15)/t7-/m0/s1. The Kier molecular flexibility index (Phi) is 3.17. The van der Waals surface area contributed by atoms with Crippen molar-refractivity contribution in [1.82, 2.24) is 10.3 Å². The quantitative estimate of drug-likeness (QED) is 0.268. The second kappa shape index (κ2) is 4.44. The lowest BCUT2D eigenvalue weighted by Gasteiger charge is -2.33. The van der Waals surface area contributed by atoms with Crippen LogP contribution in [0, 0.1) is 0 Å². The van der Waals surface area contributed by atoms with Gasteiger partial charge in [0.05, 0.1) is 11.8 Å². The molecule has 7 heteroatoms. The molecule has 1 fully saturated rings. The van der Waals surface area contributed by atoms with Crippen molar-refractivity contribution in [2.45, 2.75) is 24.6 Å². The number of aliphatic carboxylic acids is 1. The first kappa shape index (κ1) is 11.4. The summed E-state index contributed by atoms with van der Waals surface area (Å²) in [5, 5.41) is 9.09. The summed E-state index contributed by atoms with van der Waals surface area (Å²) >= 11 is 1.49. The van der Waals surface area contributed by atoms with Crippen LogP contribution in [0.3, 0.4) is 0 Å². The SMILES string of the molecule is NNCCCC1=C(C(=O)O)N2C(=O)C[C@@H]2S1. The maximum Gasteiger partial charge on any atom is 0.353 e. The summed E-state index contributed by atoms with van der Waals surface area (Å²) in [4.78, 5) is 24.5. The fourth-order valence-corrected chi connectivity index (χ4v) is 3.30. The molecule has 4 N–H and O–H groups in total. The van der Waals surface area contributed by atoms with E-state index in [0.717, 1.165) is 11.3 Å². The van der Waals surface area contributed by atoms with E-state index in [1.54, 1.807) is 0 Å². The molecule has 2 rings (SSSR count). The Labute approximate surface area is 96.8 Å². The first-order valence-corrected chi connectivity index (χ1v) is 5.91. The van der Waals surface area contributed by atoms with E-state index >= 15 is 0 Å². The van der Waals surface area contributed by atoms with Crippen LogP contribution in [-0.2, 0) is 9.59 Å². The van der Waals surface area contributed by atoms with Crippen LogP contribution in [-0.4, -0.2) is 33.8 Å². The van der Waals surface area contributed by atoms with Gasteiger partial charge in [-0.05, 0) is 12.8 Å². The number of hydrogen-bond donors (Lipinski definition) is 3. The van der Waals surface area contributed by atoms with Crippen LogP contribution < -0.4 is 11.3 Å². The highest BCUT2D eigenvalue weighted by atomic mass is 32.2. The Morgan fingerprint density at radius 3 is 3.00 bits per heavy atom. The molecule has 2 aliphatic heterocycles. The van der Waals surface area contributed by atoms with E-state index in [9.17, 15) is 9.59 Å². The molecule has 16 heavy (non-hydrogen) atoms. The number of carbonyl (C=O) groups excluding carboxylic acids is 1. The summed E-state index contributed by atoms with van der Waals surface area (Å²) in [6.45, 7) is 0.634. The first-order valence-electron chi connectivity index (χ1n) is 5.03. The molecule has 0 aromatic heterocycles. The highest BCUT2D eigenvalue weighted by molar-refractivity contribution is 8.04. The number of fused-ring (bicyclic) bond motifs is 1. The molecule has 0 radical (unpaired) electrons. The Morgan fingerprint density at radius 2 is 2.44 bits per heavy atom. The molecule has 1 atom stereocenters. The molecule has 0 aliphatic carbocycles. The lowest BCUT2D eigenvalue weighted by atomic mass is 10.1. The largest absolute Gasteiger partial charge is 0.477 e. The van der Waals surface area contributed by atoms with E-state index in [1.807, 2.05) is 0 Å². The first-order chi connectivity index (χ1) is 7.65. The van der Waals surface area contributed by atoms with Gasteiger partial charge in [-0.3, -0.25) is 21.0 Å². The zero-order chi connectivity index (χ0) is 11.7. The zero-order valence-corrected chi connectivity index (χ0v) is 9.42. The number of carboxylic acids is 1. The van der Waals surface area contributed by atoms with E-state index in [-0.39, 0.29) is 17.0 Å². The molecule has 0 aromatic rings. The van der Waals surface area contributed by atoms with Crippen LogP contribution in [0.1, 0.15) is 19.3 Å². The number of nitrogens with one attached hydrogen (secondary N) is 1. The van der Waals surface area contributed by atoms with Crippen molar-refractivity contribution >= 4 is 23.6 Å². The molecule has 0 bridgehead atoms. The van der Waals surface area contributed by atoms with E-state index in [1.165, 1.54) is 16.7 Å². The van der Waals surface area contributed by atoms with Gasteiger partial charge in [0.2, 0.25) is 5.91 Å². The molecular weight excluding hydrogens is 230 g/mol. The highest BCUT2D eigenvalue weighted by Crippen LogP contribution is 2.47. The summed E-state index contributed by atoms with van der Waals surface area (Å²) in [5.41, 5.74) is 2.69. The maximum atomic E-state index is 11.3. The Morgan fingerprint density at radius 1 is 1.69 bits per heavy atom. The number of rotatable bonds is 5. The molecule has 1 amide bonds. The van der Waals surface area contributed by atoms with Crippen LogP contribution in [0.25, 0.3) is 0 Å². The smallest absolute Gasteiger partial charge is 0.353 e. The molecule has 0 saturated carbocycles. The van der Waals surface area contributed by atoms with Crippen LogP contribution in [0.4, 0.5) is 0 Å². The van der Waals surface area contributed by atoms with Crippen molar-refractivity contribution in [3.63, 3.8) is 0 Å². The van der Waals surface area contributed by atoms with Gasteiger partial charge in [0.25, 0.3) is 0 Å². The molecule has 0 spiro atoms. The van der Waals surface area contributed by atoms with Gasteiger partial charge in [-0.15, -0.1) is 11.8 Å². The average molecular weight is 243 g/mol. The minimum Gasteiger partial charge on any atom is -0.477 e. The van der Waals surface area contributed by atoms with Crippen molar-refractivity contribution in [3.8, 4) is 0 Å². The fourth-order valence-electron chi connectivity index (χ4n) is 1.86. The van der Waals surface area contributed by atoms with Crippen molar-refractivity contribution in [2.75, 3.05) is 6.54 Å². The van der Waals surface area contributed by atoms with Crippen LogP contribution in [0.5, 0.6) is 0 Å². The van der Waals surface area contributed by atoms with E-state index in [0.29, 0.717) is 19.4 Å². The third-order valence-electron chi connectivity index (χ3n) is 2.62. The number of thioether (sulfide) groups is 1. The predicted molar refractivity (Wildman–Crippen MR) is 58.9 cm³/mol. The van der Waals surface area contributed by atoms with Gasteiger partial charge in [-0.1, -0.05) is 0 Å². The van der Waals surface area contributed by atoms with E-state index in [2.05, 4.69) is 5.43 Å². The normalized spacial score (nSPS) is 23.4. The molecule has 2 aliphatic rings. The second-order valence-corrected chi connectivity index (χ2v) is 4.95. The monoisotopic (exact) mass is 243 g/mol. The lowest BCUT2D eigenvalue weighted by Crippen LogP contribution is -2.48. The van der Waals surface area contributed by atoms with Crippen LogP contribution in [0.2, 0.25) is 0 Å². The van der Waals surface area contributed by atoms with E-state index < -0.39 is 5.97 Å². The second-order valence-electron chi connectivity index (χ2n) is 3.67. The van der Waals surface area contributed by atoms with Gasteiger partial charge in [-0.2, -0.15) is 0 Å². The summed E-state index contributed by atoms with van der Waals surface area (Å²) in [6.07, 6.45) is 1.86. The number of carbonyl (C=O) groups is 2. The zero-order valence-electron chi connectivity index (χ0n) is 8.60. The van der Waals surface area contributed by atoms with Gasteiger partial charge in [-0.25, -0.2) is 4.79 Å². The maximum absolute atomic E-state index is 11.3. The van der Waals surface area contributed by atoms with Crippen LogP contribution in [0.15, 0.2) is 10.6 Å². The Hall–Kier alpha value is -1.05. The summed E-state index contributed by atoms with van der Waals surface area (Å²) in [5.74, 6) is 4.03. The van der Waals surface area contributed by atoms with E-state index in [4.69, 9.17) is 10.9 Å². The molecule has 88 valence electrons. The number of carboxylic acid groups (broad SMARTS) is 1. The molecule has 0 unspecified atom stereocenters. The molecule has 2 heterocycles. The Bertz CT molecular complexity index is 369. The van der Waals surface area contributed by atoms with Crippen molar-refractivity contribution < 1.29 is 14.7 Å². The van der Waals surface area contributed by atoms with Gasteiger partial charge < -0.3 is 5.11 Å². The average Bonchev–Trinajstić information content (AvgIpc) is 2.52. The molecule has 6 nitrogen and oxygen atoms in total. The third kappa shape index (κ3) is 1.81. The van der Waals surface area contributed by atoms with Gasteiger partial charge in [0.1, 0.15) is 5.70 Å². The fraction of sp³-hybridized carbons (Fsp3) is 0.556. The number of β-lactam (4-membered cyclic amide) rings is 1. The molecular formula is C9H13N3O3S. The minimum atomic E-state index is -1.02. The molecule has 1 saturated heterocycles. The van der Waals surface area contributed by atoms with Crippen molar-refractivity contribution in [3.05, 3.63) is 10.6 Å². The predicted octanol–water partition coefficient (Wildman–Crippen LogP) is -0.169. The van der Waals surface area contributed by atoms with Crippen molar-refractivity contribution in [1.29, 1.82) is 0 Å². The number of amides is 1. The highest BCUT2D eigenvalue weighted by Gasteiger charge is 2.47. The molecule has 0 aromatic carbocycles. The Balaban J connectivity index is 2.09. The minimum absolute atomic E-state index is 0.0134. The number of nitrogens with zero attached hydrogens (tertiary/aromatic N) is 1. The topological polar surface area (TPSA) is 95.7 Å². The summed E-state index contributed by atoms with van der Waals surface area (Å²) < 4.78 is 0. The van der Waals surface area contributed by atoms with Gasteiger partial charge in [0, 0.05) is 11.4 Å². The van der Waals surface area contributed by atoms with Crippen molar-refractivity contribution in [2.24, 2.45) is 5.84 Å². The van der Waals surface area contributed by atoms with Gasteiger partial charge >= 0.3 is 5.97 Å². The lowest BCUT2D eigenvalue weighted by molar-refractivity contribution is -0.145. The van der Waals surface area contributed by atoms with Gasteiger partial charge in [0.15, 0.2) is 0 Å². The third-order valence-corrected chi connectivity index (χ3v) is 3.95. The summed E-state index contributed by atoms with van der Waals surface area (Å²) in [7, 11) is 0. The number of hydrazine groups is 1. The van der Waals surface area contributed by atoms with Crippen LogP contribution >= 0.6 is 11.8 Å². The number of nitrogens with two attached hydrogens (primary N) is 1. The number of hydrogen-bond acceptors (Lipinski definition) is 5. The summed E-state index contributed by atoms with van der Waals surface area (Å²) in [6, 6.07) is 0.